The summed E-state index contributed by atoms with van der Waals surface area (Å²) in [5.74, 6) is 0. The highest BCUT2D eigenvalue weighted by Gasteiger charge is 2.18. The van der Waals surface area contributed by atoms with Crippen molar-refractivity contribution in [1.82, 2.24) is 4.72 Å². The molecule has 0 fully saturated rings. The molecule has 2 heterocycles. The maximum Gasteiger partial charge on any atom is 0.250 e. The second-order valence-electron chi connectivity index (χ2n) is 6.78. The van der Waals surface area contributed by atoms with Crippen molar-refractivity contribution < 1.29 is 8.42 Å². The fraction of sp³-hybridized carbons (Fsp3) is 0.500. The van der Waals surface area contributed by atoms with E-state index in [1.54, 1.807) is 6.07 Å². The van der Waals surface area contributed by atoms with Crippen LogP contribution < -0.4 is 9.62 Å². The molecule has 0 aliphatic carbocycles. The zero-order chi connectivity index (χ0) is 18.6. The molecule has 0 saturated carbocycles. The van der Waals surface area contributed by atoms with Gasteiger partial charge in [0, 0.05) is 30.2 Å². The van der Waals surface area contributed by atoms with Crippen LogP contribution in [0.25, 0.3) is 0 Å². The Kier molecular flexibility index (Phi) is 6.37. The number of fused-ring (bicyclic) bond motifs is 1. The highest BCUT2D eigenvalue weighted by molar-refractivity contribution is 7.91. The number of anilines is 1. The lowest BCUT2D eigenvalue weighted by atomic mass is 9.98. The van der Waals surface area contributed by atoms with Gasteiger partial charge in [-0.25, -0.2) is 13.1 Å². The van der Waals surface area contributed by atoms with Crippen molar-refractivity contribution >= 4 is 27.0 Å². The van der Waals surface area contributed by atoms with E-state index in [9.17, 15) is 8.42 Å². The second kappa shape index (κ2) is 8.55. The molecule has 2 aromatic rings. The average molecular weight is 393 g/mol. The lowest BCUT2D eigenvalue weighted by molar-refractivity contribution is 0.583. The molecule has 1 aliphatic rings. The number of benzene rings is 1. The number of nitrogens with zero attached hydrogens (tertiary/aromatic N) is 1. The molecule has 26 heavy (non-hydrogen) atoms. The van der Waals surface area contributed by atoms with Crippen LogP contribution in [0.4, 0.5) is 5.69 Å². The molecule has 1 aliphatic heterocycles. The normalized spacial score (nSPS) is 14.5. The zero-order valence-electron chi connectivity index (χ0n) is 15.6. The van der Waals surface area contributed by atoms with Gasteiger partial charge in [0.15, 0.2) is 0 Å². The number of hydrogen-bond donors (Lipinski definition) is 1. The van der Waals surface area contributed by atoms with E-state index in [1.165, 1.54) is 34.6 Å². The fourth-order valence-corrected chi connectivity index (χ4v) is 5.85. The number of sulfonamides is 1. The summed E-state index contributed by atoms with van der Waals surface area (Å²) < 4.78 is 27.9. The van der Waals surface area contributed by atoms with E-state index in [0.29, 0.717) is 17.2 Å². The molecule has 0 amide bonds. The first kappa shape index (κ1) is 19.4. The molecule has 1 aromatic carbocycles. The van der Waals surface area contributed by atoms with Crippen LogP contribution in [0, 0.1) is 0 Å². The molecule has 1 N–H and O–H groups in total. The first-order valence-corrected chi connectivity index (χ1v) is 11.8. The van der Waals surface area contributed by atoms with Crippen LogP contribution in [0.1, 0.15) is 42.7 Å². The van der Waals surface area contributed by atoms with Crippen LogP contribution >= 0.6 is 11.3 Å². The fourth-order valence-electron chi connectivity index (χ4n) is 3.48. The summed E-state index contributed by atoms with van der Waals surface area (Å²) in [6, 6.07) is 10.2. The predicted molar refractivity (Wildman–Crippen MR) is 110 cm³/mol. The van der Waals surface area contributed by atoms with E-state index in [-0.39, 0.29) is 0 Å². The van der Waals surface area contributed by atoms with Crippen molar-refractivity contribution in [3.63, 3.8) is 0 Å². The van der Waals surface area contributed by atoms with Crippen molar-refractivity contribution in [2.45, 2.75) is 50.2 Å². The van der Waals surface area contributed by atoms with Gasteiger partial charge in [-0.05, 0) is 61.4 Å². The van der Waals surface area contributed by atoms with Gasteiger partial charge in [0.1, 0.15) is 4.21 Å². The molecule has 0 atom stereocenters. The predicted octanol–water partition coefficient (Wildman–Crippen LogP) is 3.99. The molecule has 142 valence electrons. The minimum Gasteiger partial charge on any atom is -0.371 e. The van der Waals surface area contributed by atoms with Gasteiger partial charge in [-0.3, -0.25) is 0 Å². The molecule has 4 nitrogen and oxygen atoms in total. The first-order valence-electron chi connectivity index (χ1n) is 9.48. The number of hydrogen-bond acceptors (Lipinski definition) is 4. The van der Waals surface area contributed by atoms with Crippen LogP contribution in [-0.4, -0.2) is 28.1 Å². The van der Waals surface area contributed by atoms with E-state index in [1.807, 2.05) is 13.0 Å². The van der Waals surface area contributed by atoms with Crippen LogP contribution in [0.2, 0.25) is 0 Å². The summed E-state index contributed by atoms with van der Waals surface area (Å²) in [5.41, 5.74) is 3.95. The highest BCUT2D eigenvalue weighted by atomic mass is 32.2. The summed E-state index contributed by atoms with van der Waals surface area (Å²) in [6.45, 7) is 6.92. The molecule has 0 spiro atoms. The number of nitrogens with one attached hydrogen (secondary N) is 1. The topological polar surface area (TPSA) is 49.4 Å². The van der Waals surface area contributed by atoms with Gasteiger partial charge in [0.25, 0.3) is 0 Å². The molecule has 0 saturated heterocycles. The maximum atomic E-state index is 12.4. The molecule has 0 radical (unpaired) electrons. The largest absolute Gasteiger partial charge is 0.371 e. The lowest BCUT2D eigenvalue weighted by Gasteiger charge is -2.31. The Labute approximate surface area is 161 Å². The summed E-state index contributed by atoms with van der Waals surface area (Å²) in [4.78, 5) is 3.56. The minimum atomic E-state index is -3.39. The van der Waals surface area contributed by atoms with E-state index in [4.69, 9.17) is 0 Å². The maximum absolute atomic E-state index is 12.4. The highest BCUT2D eigenvalue weighted by Crippen LogP contribution is 2.28. The van der Waals surface area contributed by atoms with Crippen LogP contribution in [-0.2, 0) is 29.3 Å². The Bertz CT molecular complexity index is 843. The van der Waals surface area contributed by atoms with Gasteiger partial charge in [0.2, 0.25) is 10.0 Å². The first-order chi connectivity index (χ1) is 12.5. The van der Waals surface area contributed by atoms with Gasteiger partial charge in [0.05, 0.1) is 0 Å². The Morgan fingerprint density at radius 1 is 1.19 bits per heavy atom. The second-order valence-corrected chi connectivity index (χ2v) is 9.94. The van der Waals surface area contributed by atoms with Crippen LogP contribution in [0.5, 0.6) is 0 Å². The van der Waals surface area contributed by atoms with Gasteiger partial charge in [-0.15, -0.1) is 11.3 Å². The Hall–Kier alpha value is -1.37. The number of aryl methyl sites for hydroxylation is 2. The molecular weight excluding hydrogens is 364 g/mol. The quantitative estimate of drug-likeness (QED) is 0.739. The summed E-state index contributed by atoms with van der Waals surface area (Å²) >= 11 is 1.35. The standard InChI is InChI=1S/C20H28N2O2S2/c1-3-13-22-14-5-6-17-15-16(7-9-19(17)22)11-12-21-26(23,24)20-10-8-18(4-2)25-20/h7-10,15,21H,3-6,11-14H2,1-2H3. The summed E-state index contributed by atoms with van der Waals surface area (Å²) in [7, 11) is -3.39. The smallest absolute Gasteiger partial charge is 0.250 e. The minimum absolute atomic E-state index is 0.412. The molecule has 6 heteroatoms. The molecule has 3 rings (SSSR count). The SMILES string of the molecule is CCCN1CCCc2cc(CCNS(=O)(=O)c3ccc(CC)s3)ccc21. The molecular formula is C20H28N2O2S2. The number of rotatable bonds is 8. The third-order valence-electron chi connectivity index (χ3n) is 4.81. The van der Waals surface area contributed by atoms with Gasteiger partial charge < -0.3 is 4.90 Å². The van der Waals surface area contributed by atoms with Crippen molar-refractivity contribution in [2.75, 3.05) is 24.5 Å². The third kappa shape index (κ3) is 4.48. The zero-order valence-corrected chi connectivity index (χ0v) is 17.3. The molecule has 0 unspecified atom stereocenters. The third-order valence-corrected chi connectivity index (χ3v) is 7.99. The monoisotopic (exact) mass is 392 g/mol. The number of thiophene rings is 1. The summed E-state index contributed by atoms with van der Waals surface area (Å²) in [5, 5.41) is 0. The van der Waals surface area contributed by atoms with E-state index >= 15 is 0 Å². The Morgan fingerprint density at radius 3 is 2.77 bits per heavy atom. The van der Waals surface area contributed by atoms with Crippen molar-refractivity contribution in [2.24, 2.45) is 0 Å². The van der Waals surface area contributed by atoms with E-state index < -0.39 is 10.0 Å². The van der Waals surface area contributed by atoms with Gasteiger partial charge in [-0.2, -0.15) is 0 Å². The van der Waals surface area contributed by atoms with E-state index in [0.717, 1.165) is 37.2 Å². The molecule has 1 aromatic heterocycles. The van der Waals surface area contributed by atoms with Gasteiger partial charge >= 0.3 is 0 Å². The average Bonchev–Trinajstić information content (AvgIpc) is 3.12. The van der Waals surface area contributed by atoms with Gasteiger partial charge in [-0.1, -0.05) is 26.0 Å². The van der Waals surface area contributed by atoms with Crippen molar-refractivity contribution in [1.29, 1.82) is 0 Å². The van der Waals surface area contributed by atoms with Crippen LogP contribution in [0.3, 0.4) is 0 Å². The molecule has 0 bridgehead atoms. The summed E-state index contributed by atoms with van der Waals surface area (Å²) in [6.07, 6.45) is 5.05. The Balaban J connectivity index is 1.61. The van der Waals surface area contributed by atoms with Crippen molar-refractivity contribution in [3.05, 3.63) is 46.3 Å². The van der Waals surface area contributed by atoms with Crippen molar-refractivity contribution in [3.8, 4) is 0 Å². The van der Waals surface area contributed by atoms with Crippen LogP contribution in [0.15, 0.2) is 34.5 Å². The Morgan fingerprint density at radius 2 is 2.04 bits per heavy atom. The van der Waals surface area contributed by atoms with E-state index in [2.05, 4.69) is 34.7 Å². The lowest BCUT2D eigenvalue weighted by Crippen LogP contribution is -2.30.